The predicted octanol–water partition coefficient (Wildman–Crippen LogP) is 0.944. The number of nitrogens with zero attached hydrogens (tertiary/aromatic N) is 2. The lowest BCUT2D eigenvalue weighted by molar-refractivity contribution is 0.395. The molecule has 0 aliphatic carbocycles. The first kappa shape index (κ1) is 9.21. The van der Waals surface area contributed by atoms with Gasteiger partial charge in [0.15, 0.2) is 0 Å². The predicted molar refractivity (Wildman–Crippen MR) is 50.7 cm³/mol. The van der Waals surface area contributed by atoms with Gasteiger partial charge in [0.2, 0.25) is 5.88 Å². The molecule has 0 spiro atoms. The average molecular weight is 197 g/mol. The van der Waals surface area contributed by atoms with E-state index in [1.54, 1.807) is 0 Å². The van der Waals surface area contributed by atoms with Crippen molar-refractivity contribution in [3.8, 4) is 5.88 Å². The Labute approximate surface area is 81.7 Å². The quantitative estimate of drug-likeness (QED) is 0.765. The molecule has 5 heteroatoms. The lowest BCUT2D eigenvalue weighted by Gasteiger charge is -2.19. The molecule has 1 aromatic rings. The molecule has 4 nitrogen and oxygen atoms in total. The minimum absolute atomic E-state index is 0.352. The standard InChI is InChI=1S/C9H12FN3O/c1-14-9-8(5-7(10)6-11-9)13-4-2-3-12-13/h5-6,12H,2-4H2,1H3. The summed E-state index contributed by atoms with van der Waals surface area (Å²) in [6.07, 6.45) is 2.19. The molecule has 0 saturated carbocycles. The summed E-state index contributed by atoms with van der Waals surface area (Å²) in [5.41, 5.74) is 3.78. The summed E-state index contributed by atoms with van der Waals surface area (Å²) in [7, 11) is 1.53. The molecule has 1 aliphatic heterocycles. The fraction of sp³-hybridized carbons (Fsp3) is 0.444. The zero-order valence-corrected chi connectivity index (χ0v) is 7.96. The summed E-state index contributed by atoms with van der Waals surface area (Å²) in [5, 5.41) is 1.86. The summed E-state index contributed by atoms with van der Waals surface area (Å²) in [6, 6.07) is 1.42. The van der Waals surface area contributed by atoms with E-state index < -0.39 is 0 Å². The van der Waals surface area contributed by atoms with Crippen molar-refractivity contribution in [3.63, 3.8) is 0 Å². The molecule has 1 N–H and O–H groups in total. The van der Waals surface area contributed by atoms with Crippen LogP contribution >= 0.6 is 0 Å². The van der Waals surface area contributed by atoms with E-state index >= 15 is 0 Å². The van der Waals surface area contributed by atoms with Crippen LogP contribution in [0.3, 0.4) is 0 Å². The Hall–Kier alpha value is -1.36. The smallest absolute Gasteiger partial charge is 0.238 e. The summed E-state index contributed by atoms with van der Waals surface area (Å²) >= 11 is 0. The van der Waals surface area contributed by atoms with Crippen molar-refractivity contribution in [2.75, 3.05) is 25.2 Å². The number of hydrogen-bond donors (Lipinski definition) is 1. The van der Waals surface area contributed by atoms with Gasteiger partial charge in [-0.2, -0.15) is 0 Å². The number of aromatic nitrogens is 1. The highest BCUT2D eigenvalue weighted by atomic mass is 19.1. The SMILES string of the molecule is COc1ncc(F)cc1N1CCCN1. The van der Waals surface area contributed by atoms with Crippen LogP contribution in [0.4, 0.5) is 10.1 Å². The Bertz CT molecular complexity index is 326. The zero-order chi connectivity index (χ0) is 9.97. The second-order valence-corrected chi connectivity index (χ2v) is 3.10. The van der Waals surface area contributed by atoms with Gasteiger partial charge in [-0.1, -0.05) is 0 Å². The van der Waals surface area contributed by atoms with Crippen molar-refractivity contribution in [2.45, 2.75) is 6.42 Å². The molecule has 14 heavy (non-hydrogen) atoms. The third-order valence-corrected chi connectivity index (χ3v) is 2.14. The molecule has 0 unspecified atom stereocenters. The van der Waals surface area contributed by atoms with Crippen molar-refractivity contribution in [3.05, 3.63) is 18.1 Å². The molecule has 1 aromatic heterocycles. The van der Waals surface area contributed by atoms with E-state index in [-0.39, 0.29) is 5.82 Å². The molecular formula is C9H12FN3O. The van der Waals surface area contributed by atoms with Gasteiger partial charge in [0, 0.05) is 19.2 Å². The highest BCUT2D eigenvalue weighted by Crippen LogP contribution is 2.26. The second-order valence-electron chi connectivity index (χ2n) is 3.10. The number of ether oxygens (including phenoxy) is 1. The summed E-state index contributed by atoms with van der Waals surface area (Å²) < 4.78 is 18.0. The Kier molecular flexibility index (Phi) is 2.49. The Balaban J connectivity index is 2.33. The Morgan fingerprint density at radius 3 is 3.14 bits per heavy atom. The van der Waals surface area contributed by atoms with Gasteiger partial charge in [-0.25, -0.2) is 14.8 Å². The fourth-order valence-electron chi connectivity index (χ4n) is 1.50. The molecule has 1 aliphatic rings. The number of nitrogens with one attached hydrogen (secondary N) is 1. The molecule has 0 bridgehead atoms. The first-order valence-corrected chi connectivity index (χ1v) is 4.52. The van der Waals surface area contributed by atoms with Crippen LogP contribution in [0.2, 0.25) is 0 Å². The zero-order valence-electron chi connectivity index (χ0n) is 7.96. The number of hydrogen-bond acceptors (Lipinski definition) is 4. The molecule has 2 rings (SSSR count). The van der Waals surface area contributed by atoms with Crippen LogP contribution < -0.4 is 15.2 Å². The molecule has 0 aromatic carbocycles. The fourth-order valence-corrected chi connectivity index (χ4v) is 1.50. The third kappa shape index (κ3) is 1.63. The summed E-state index contributed by atoms with van der Waals surface area (Å²) in [6.45, 7) is 1.75. The van der Waals surface area contributed by atoms with Gasteiger partial charge in [-0.15, -0.1) is 0 Å². The molecule has 0 radical (unpaired) electrons. The molecule has 0 atom stereocenters. The Morgan fingerprint density at radius 1 is 1.64 bits per heavy atom. The molecule has 0 amide bonds. The van der Waals surface area contributed by atoms with E-state index in [0.717, 1.165) is 25.7 Å². The number of hydrazine groups is 1. The van der Waals surface area contributed by atoms with Gasteiger partial charge < -0.3 is 9.75 Å². The van der Waals surface area contributed by atoms with Crippen LogP contribution in [0.1, 0.15) is 6.42 Å². The summed E-state index contributed by atoms with van der Waals surface area (Å²) in [5.74, 6) is 0.0929. The van der Waals surface area contributed by atoms with E-state index in [1.165, 1.54) is 13.2 Å². The van der Waals surface area contributed by atoms with Gasteiger partial charge in [0.25, 0.3) is 0 Å². The van der Waals surface area contributed by atoms with Crippen LogP contribution in [0.5, 0.6) is 5.88 Å². The lowest BCUT2D eigenvalue weighted by Crippen LogP contribution is -2.31. The molecule has 1 saturated heterocycles. The maximum Gasteiger partial charge on any atom is 0.238 e. The van der Waals surface area contributed by atoms with Crippen molar-refractivity contribution in [2.24, 2.45) is 0 Å². The van der Waals surface area contributed by atoms with Gasteiger partial charge >= 0.3 is 0 Å². The molecule has 76 valence electrons. The van der Waals surface area contributed by atoms with Crippen molar-refractivity contribution in [1.29, 1.82) is 0 Å². The minimum atomic E-state index is -0.352. The van der Waals surface area contributed by atoms with Crippen LogP contribution in [-0.4, -0.2) is 25.2 Å². The van der Waals surface area contributed by atoms with E-state index in [1.807, 2.05) is 5.01 Å². The maximum absolute atomic E-state index is 13.0. The largest absolute Gasteiger partial charge is 0.479 e. The average Bonchev–Trinajstić information content (AvgIpc) is 2.70. The topological polar surface area (TPSA) is 37.4 Å². The Morgan fingerprint density at radius 2 is 2.50 bits per heavy atom. The van der Waals surface area contributed by atoms with Gasteiger partial charge in [-0.3, -0.25) is 0 Å². The molecule has 1 fully saturated rings. The highest BCUT2D eigenvalue weighted by Gasteiger charge is 2.17. The summed E-state index contributed by atoms with van der Waals surface area (Å²) in [4.78, 5) is 3.86. The maximum atomic E-state index is 13.0. The molecular weight excluding hydrogens is 185 g/mol. The minimum Gasteiger partial charge on any atom is -0.479 e. The van der Waals surface area contributed by atoms with Crippen LogP contribution in [0.25, 0.3) is 0 Å². The first-order chi connectivity index (χ1) is 6.81. The van der Waals surface area contributed by atoms with E-state index in [4.69, 9.17) is 4.74 Å². The van der Waals surface area contributed by atoms with Crippen molar-refractivity contribution >= 4 is 5.69 Å². The third-order valence-electron chi connectivity index (χ3n) is 2.14. The number of methoxy groups -OCH3 is 1. The first-order valence-electron chi connectivity index (χ1n) is 4.52. The van der Waals surface area contributed by atoms with Crippen molar-refractivity contribution < 1.29 is 9.13 Å². The van der Waals surface area contributed by atoms with E-state index in [0.29, 0.717) is 11.6 Å². The molecule has 2 heterocycles. The lowest BCUT2D eigenvalue weighted by atomic mass is 10.3. The number of halogens is 1. The number of pyridine rings is 1. The number of anilines is 1. The highest BCUT2D eigenvalue weighted by molar-refractivity contribution is 5.54. The van der Waals surface area contributed by atoms with Gasteiger partial charge in [0.05, 0.1) is 13.3 Å². The normalized spacial score (nSPS) is 16.0. The van der Waals surface area contributed by atoms with E-state index in [9.17, 15) is 4.39 Å². The van der Waals surface area contributed by atoms with Crippen LogP contribution in [0, 0.1) is 5.82 Å². The monoisotopic (exact) mass is 197 g/mol. The van der Waals surface area contributed by atoms with E-state index in [2.05, 4.69) is 10.4 Å². The second kappa shape index (κ2) is 3.79. The van der Waals surface area contributed by atoms with Gasteiger partial charge in [0.1, 0.15) is 11.5 Å². The van der Waals surface area contributed by atoms with Gasteiger partial charge in [-0.05, 0) is 6.42 Å². The van der Waals surface area contributed by atoms with Crippen LogP contribution in [0.15, 0.2) is 12.3 Å². The number of rotatable bonds is 2. The van der Waals surface area contributed by atoms with Crippen LogP contribution in [-0.2, 0) is 0 Å². The van der Waals surface area contributed by atoms with Crippen molar-refractivity contribution in [1.82, 2.24) is 10.4 Å².